The zero-order valence-corrected chi connectivity index (χ0v) is 12.8. The summed E-state index contributed by atoms with van der Waals surface area (Å²) in [6, 6.07) is 2.01. The number of nitrogens with one attached hydrogen (secondary N) is 1. The first kappa shape index (κ1) is 14.7. The monoisotopic (exact) mass is 300 g/mol. The van der Waals surface area contributed by atoms with Gasteiger partial charge in [-0.2, -0.15) is 5.10 Å². The van der Waals surface area contributed by atoms with Crippen molar-refractivity contribution < 1.29 is 5.11 Å². The number of H-pyrrole nitrogens is 1. The molecule has 0 aromatic carbocycles. The van der Waals surface area contributed by atoms with Crippen molar-refractivity contribution in [2.75, 3.05) is 13.2 Å². The predicted octanol–water partition coefficient (Wildman–Crippen LogP) is 1.06. The lowest BCUT2D eigenvalue weighted by Gasteiger charge is -2.19. The van der Waals surface area contributed by atoms with Gasteiger partial charge in [-0.15, -0.1) is 0 Å². The summed E-state index contributed by atoms with van der Waals surface area (Å²) in [5, 5.41) is 13.7. The number of nitrogens with zero attached hydrogens (tertiary/aromatic N) is 5. The summed E-state index contributed by atoms with van der Waals surface area (Å²) < 4.78 is 1.85. The zero-order chi connectivity index (χ0) is 15.5. The zero-order valence-electron chi connectivity index (χ0n) is 12.8. The number of fused-ring (bicyclic) bond motifs is 1. The Hall–Kier alpha value is -2.25. The summed E-state index contributed by atoms with van der Waals surface area (Å²) >= 11 is 0. The highest BCUT2D eigenvalue weighted by Gasteiger charge is 2.13. The van der Waals surface area contributed by atoms with E-state index in [1.807, 2.05) is 30.6 Å². The van der Waals surface area contributed by atoms with E-state index in [0.717, 1.165) is 28.4 Å². The average Bonchev–Trinajstić information content (AvgIpc) is 3.10. The van der Waals surface area contributed by atoms with Gasteiger partial charge in [-0.1, -0.05) is 0 Å². The van der Waals surface area contributed by atoms with Crippen LogP contribution in [0.15, 0.2) is 24.7 Å². The minimum Gasteiger partial charge on any atom is -0.395 e. The van der Waals surface area contributed by atoms with E-state index in [-0.39, 0.29) is 6.61 Å². The largest absolute Gasteiger partial charge is 0.395 e. The lowest BCUT2D eigenvalue weighted by molar-refractivity contribution is 0.182. The van der Waals surface area contributed by atoms with Crippen LogP contribution in [0.4, 0.5) is 0 Å². The Morgan fingerprint density at radius 3 is 2.91 bits per heavy atom. The third kappa shape index (κ3) is 3.00. The van der Waals surface area contributed by atoms with Crippen LogP contribution in [0.25, 0.3) is 5.65 Å². The number of aliphatic hydroxyl groups is 1. The van der Waals surface area contributed by atoms with E-state index in [2.05, 4.69) is 25.0 Å². The number of aromatic amines is 1. The standard InChI is InChI=1S/C15H20N6O/c1-11-7-12(2)21-15(19-11)13(8-18-21)9-20(5-6-22)10-14-16-3-4-17-14/h3-4,7-8,22H,5-6,9-10H2,1-2H3,(H,16,17). The molecular weight excluding hydrogens is 280 g/mol. The van der Waals surface area contributed by atoms with Gasteiger partial charge in [0.2, 0.25) is 0 Å². The Bertz CT molecular complexity index is 749. The van der Waals surface area contributed by atoms with E-state index < -0.39 is 0 Å². The van der Waals surface area contributed by atoms with Crippen LogP contribution in [-0.4, -0.2) is 47.7 Å². The molecule has 22 heavy (non-hydrogen) atoms. The maximum absolute atomic E-state index is 9.29. The predicted molar refractivity (Wildman–Crippen MR) is 82.2 cm³/mol. The third-order valence-electron chi connectivity index (χ3n) is 3.59. The molecule has 0 saturated heterocycles. The third-order valence-corrected chi connectivity index (χ3v) is 3.59. The first-order chi connectivity index (χ1) is 10.7. The Kier molecular flexibility index (Phi) is 4.17. The number of aryl methyl sites for hydroxylation is 2. The van der Waals surface area contributed by atoms with Crippen LogP contribution in [-0.2, 0) is 13.1 Å². The molecule has 3 aromatic heterocycles. The van der Waals surface area contributed by atoms with Gasteiger partial charge in [0.1, 0.15) is 5.82 Å². The SMILES string of the molecule is Cc1cc(C)n2ncc(CN(CCO)Cc3ncc[nH]3)c2n1. The topological polar surface area (TPSA) is 82.3 Å². The Balaban J connectivity index is 1.86. The minimum atomic E-state index is 0.103. The number of imidazole rings is 1. The highest BCUT2D eigenvalue weighted by molar-refractivity contribution is 5.47. The van der Waals surface area contributed by atoms with E-state index in [0.29, 0.717) is 19.6 Å². The molecule has 0 fully saturated rings. The minimum absolute atomic E-state index is 0.103. The summed E-state index contributed by atoms with van der Waals surface area (Å²) in [5.74, 6) is 0.880. The molecule has 0 saturated carbocycles. The van der Waals surface area contributed by atoms with Crippen molar-refractivity contribution in [1.29, 1.82) is 0 Å². The van der Waals surface area contributed by atoms with Crippen molar-refractivity contribution in [2.45, 2.75) is 26.9 Å². The number of aliphatic hydroxyl groups excluding tert-OH is 1. The molecule has 0 atom stereocenters. The maximum Gasteiger partial charge on any atom is 0.159 e. The Morgan fingerprint density at radius 2 is 2.18 bits per heavy atom. The molecule has 0 aliphatic carbocycles. The van der Waals surface area contributed by atoms with Crippen molar-refractivity contribution in [2.24, 2.45) is 0 Å². The fraction of sp³-hybridized carbons (Fsp3) is 0.400. The van der Waals surface area contributed by atoms with Crippen molar-refractivity contribution in [3.8, 4) is 0 Å². The van der Waals surface area contributed by atoms with Gasteiger partial charge in [-0.25, -0.2) is 14.5 Å². The lowest BCUT2D eigenvalue weighted by atomic mass is 10.2. The van der Waals surface area contributed by atoms with Gasteiger partial charge >= 0.3 is 0 Å². The molecule has 3 aromatic rings. The summed E-state index contributed by atoms with van der Waals surface area (Å²) in [6.07, 6.45) is 5.38. The summed E-state index contributed by atoms with van der Waals surface area (Å²) in [5.41, 5.74) is 3.96. The van der Waals surface area contributed by atoms with Gasteiger partial charge in [0.15, 0.2) is 5.65 Å². The van der Waals surface area contributed by atoms with E-state index in [9.17, 15) is 5.11 Å². The van der Waals surface area contributed by atoms with Gasteiger partial charge in [0.25, 0.3) is 0 Å². The van der Waals surface area contributed by atoms with Gasteiger partial charge in [-0.05, 0) is 19.9 Å². The highest BCUT2D eigenvalue weighted by Crippen LogP contribution is 2.15. The van der Waals surface area contributed by atoms with Crippen molar-refractivity contribution in [3.63, 3.8) is 0 Å². The molecule has 2 N–H and O–H groups in total. The molecule has 3 heterocycles. The summed E-state index contributed by atoms with van der Waals surface area (Å²) in [7, 11) is 0. The smallest absolute Gasteiger partial charge is 0.159 e. The van der Waals surface area contributed by atoms with Gasteiger partial charge < -0.3 is 10.1 Å². The first-order valence-corrected chi connectivity index (χ1v) is 7.29. The number of rotatable bonds is 6. The van der Waals surface area contributed by atoms with E-state index >= 15 is 0 Å². The normalized spacial score (nSPS) is 11.6. The Labute approximate surface area is 128 Å². The summed E-state index contributed by atoms with van der Waals surface area (Å²) in [6.45, 7) is 6.00. The molecular formula is C15H20N6O. The molecule has 0 aliphatic rings. The van der Waals surface area contributed by atoms with Crippen LogP contribution in [0.3, 0.4) is 0 Å². The molecule has 0 bridgehead atoms. The van der Waals surface area contributed by atoms with Crippen LogP contribution < -0.4 is 0 Å². The molecule has 0 amide bonds. The highest BCUT2D eigenvalue weighted by atomic mass is 16.3. The maximum atomic E-state index is 9.29. The van der Waals surface area contributed by atoms with Crippen molar-refractivity contribution >= 4 is 5.65 Å². The van der Waals surface area contributed by atoms with E-state index in [1.54, 1.807) is 12.4 Å². The van der Waals surface area contributed by atoms with Gasteiger partial charge in [0.05, 0.1) is 19.3 Å². The molecule has 0 radical (unpaired) electrons. The van der Waals surface area contributed by atoms with Crippen LogP contribution in [0.1, 0.15) is 22.8 Å². The second-order valence-corrected chi connectivity index (χ2v) is 5.41. The molecule has 0 spiro atoms. The van der Waals surface area contributed by atoms with Crippen molar-refractivity contribution in [3.05, 3.63) is 47.4 Å². The molecule has 7 heteroatoms. The van der Waals surface area contributed by atoms with Crippen molar-refractivity contribution in [1.82, 2.24) is 29.5 Å². The van der Waals surface area contributed by atoms with Gasteiger partial charge in [-0.3, -0.25) is 4.90 Å². The average molecular weight is 300 g/mol. The number of hydrogen-bond acceptors (Lipinski definition) is 5. The molecule has 0 unspecified atom stereocenters. The van der Waals surface area contributed by atoms with Crippen LogP contribution in [0.2, 0.25) is 0 Å². The quantitative estimate of drug-likeness (QED) is 0.711. The Morgan fingerprint density at radius 1 is 1.32 bits per heavy atom. The van der Waals surface area contributed by atoms with Crippen LogP contribution in [0.5, 0.6) is 0 Å². The van der Waals surface area contributed by atoms with Gasteiger partial charge in [0, 0.05) is 42.4 Å². The number of hydrogen-bond donors (Lipinski definition) is 2. The molecule has 0 aliphatic heterocycles. The number of aromatic nitrogens is 5. The first-order valence-electron chi connectivity index (χ1n) is 7.29. The lowest BCUT2D eigenvalue weighted by Crippen LogP contribution is -2.26. The van der Waals surface area contributed by atoms with Crippen LogP contribution in [0, 0.1) is 13.8 Å². The molecule has 3 rings (SSSR count). The van der Waals surface area contributed by atoms with E-state index in [1.165, 1.54) is 0 Å². The second-order valence-electron chi connectivity index (χ2n) is 5.41. The molecule has 7 nitrogen and oxygen atoms in total. The fourth-order valence-corrected chi connectivity index (χ4v) is 2.62. The second kappa shape index (κ2) is 6.25. The summed E-state index contributed by atoms with van der Waals surface area (Å²) in [4.78, 5) is 14.0. The molecule has 116 valence electrons. The van der Waals surface area contributed by atoms with E-state index in [4.69, 9.17) is 0 Å². The fourth-order valence-electron chi connectivity index (χ4n) is 2.62. The van der Waals surface area contributed by atoms with Crippen LogP contribution >= 0.6 is 0 Å².